The molecule has 1 heterocycles. The average molecular weight is 418 g/mol. The number of aliphatic imine (C=N–C) groups is 1. The Balaban J connectivity index is 1.76. The quantitative estimate of drug-likeness (QED) is 0.428. The Hall–Kier alpha value is -1.63. The molecule has 2 rings (SSSR count). The van der Waals surface area contributed by atoms with Crippen LogP contribution in [-0.2, 0) is 17.8 Å². The first-order valence-corrected chi connectivity index (χ1v) is 11.6. The summed E-state index contributed by atoms with van der Waals surface area (Å²) in [7, 11) is 1.84. The number of nitrogens with zero attached hydrogens (tertiary/aromatic N) is 3. The molecule has 0 saturated carbocycles. The van der Waals surface area contributed by atoms with Crippen molar-refractivity contribution in [3.8, 4) is 0 Å². The molecule has 0 aromatic heterocycles. The molecule has 1 saturated heterocycles. The van der Waals surface area contributed by atoms with Gasteiger partial charge in [0.15, 0.2) is 5.96 Å². The van der Waals surface area contributed by atoms with Gasteiger partial charge in [0, 0.05) is 39.3 Å². The fourth-order valence-corrected chi connectivity index (χ4v) is 3.98. The second-order valence-corrected chi connectivity index (χ2v) is 8.38. The highest BCUT2D eigenvalue weighted by Gasteiger charge is 2.16. The first-order valence-electron chi connectivity index (χ1n) is 11.6. The van der Waals surface area contributed by atoms with Gasteiger partial charge in [-0.3, -0.25) is 9.89 Å². The lowest BCUT2D eigenvalue weighted by molar-refractivity contribution is -0.0212. The summed E-state index contributed by atoms with van der Waals surface area (Å²) in [6.45, 7) is 16.9. The third-order valence-corrected chi connectivity index (χ3v) is 5.80. The van der Waals surface area contributed by atoms with Crippen LogP contribution in [0.25, 0.3) is 0 Å². The predicted octanol–water partition coefficient (Wildman–Crippen LogP) is 3.08. The molecule has 2 unspecified atom stereocenters. The highest BCUT2D eigenvalue weighted by Crippen LogP contribution is 2.12. The van der Waals surface area contributed by atoms with E-state index in [1.165, 1.54) is 24.1 Å². The molecule has 1 aliphatic heterocycles. The Kier molecular flexibility index (Phi) is 11.2. The van der Waals surface area contributed by atoms with Gasteiger partial charge in [-0.05, 0) is 57.5 Å². The van der Waals surface area contributed by atoms with E-state index in [1.807, 2.05) is 7.05 Å². The van der Waals surface area contributed by atoms with Crippen molar-refractivity contribution in [3.05, 3.63) is 35.4 Å². The Labute approximate surface area is 184 Å². The van der Waals surface area contributed by atoms with Crippen molar-refractivity contribution in [1.29, 1.82) is 0 Å². The molecule has 0 aliphatic carbocycles. The number of benzene rings is 1. The van der Waals surface area contributed by atoms with Crippen molar-refractivity contribution in [2.75, 3.05) is 46.4 Å². The molecule has 0 radical (unpaired) electrons. The molecule has 2 N–H and O–H groups in total. The summed E-state index contributed by atoms with van der Waals surface area (Å²) in [5, 5.41) is 7.00. The van der Waals surface area contributed by atoms with E-state index < -0.39 is 0 Å². The zero-order valence-corrected chi connectivity index (χ0v) is 19.8. The van der Waals surface area contributed by atoms with Gasteiger partial charge in [-0.25, -0.2) is 0 Å². The Bertz CT molecular complexity index is 632. The Morgan fingerprint density at radius 1 is 1.30 bits per heavy atom. The van der Waals surface area contributed by atoms with E-state index in [0.29, 0.717) is 12.1 Å². The summed E-state index contributed by atoms with van der Waals surface area (Å²) in [4.78, 5) is 9.35. The van der Waals surface area contributed by atoms with Gasteiger partial charge in [0.1, 0.15) is 0 Å². The highest BCUT2D eigenvalue weighted by atomic mass is 16.5. The number of ether oxygens (including phenoxy) is 1. The van der Waals surface area contributed by atoms with Gasteiger partial charge in [0.2, 0.25) is 0 Å². The Morgan fingerprint density at radius 3 is 2.77 bits per heavy atom. The number of morpholine rings is 1. The molecular formula is C24H43N5O. The van der Waals surface area contributed by atoms with Gasteiger partial charge in [0.25, 0.3) is 0 Å². The second kappa shape index (κ2) is 13.6. The van der Waals surface area contributed by atoms with Crippen LogP contribution in [0.5, 0.6) is 0 Å². The van der Waals surface area contributed by atoms with Crippen molar-refractivity contribution in [3.63, 3.8) is 0 Å². The van der Waals surface area contributed by atoms with Gasteiger partial charge >= 0.3 is 0 Å². The molecule has 170 valence electrons. The van der Waals surface area contributed by atoms with Crippen molar-refractivity contribution in [2.45, 2.75) is 65.8 Å². The van der Waals surface area contributed by atoms with E-state index in [4.69, 9.17) is 4.74 Å². The van der Waals surface area contributed by atoms with Gasteiger partial charge < -0.3 is 20.3 Å². The SMILES string of the molecule is CCN(CC)CCCC(C)NC(=NC)NCc1cccc(CN2CCOC(C)C2)c1. The molecule has 0 spiro atoms. The lowest BCUT2D eigenvalue weighted by Gasteiger charge is -2.31. The van der Waals surface area contributed by atoms with E-state index >= 15 is 0 Å². The monoisotopic (exact) mass is 417 g/mol. The summed E-state index contributed by atoms with van der Waals surface area (Å²) in [6, 6.07) is 9.26. The molecule has 6 heteroatoms. The van der Waals surface area contributed by atoms with Gasteiger partial charge in [-0.2, -0.15) is 0 Å². The second-order valence-electron chi connectivity index (χ2n) is 8.38. The number of nitrogens with one attached hydrogen (secondary N) is 2. The third kappa shape index (κ3) is 9.02. The first-order chi connectivity index (χ1) is 14.5. The van der Waals surface area contributed by atoms with E-state index in [0.717, 1.165) is 58.3 Å². The molecule has 1 aliphatic rings. The molecule has 2 atom stereocenters. The maximum absolute atomic E-state index is 5.65. The molecule has 0 bridgehead atoms. The zero-order chi connectivity index (χ0) is 21.8. The van der Waals surface area contributed by atoms with Crippen LogP contribution < -0.4 is 10.6 Å². The minimum Gasteiger partial charge on any atom is -0.376 e. The summed E-state index contributed by atoms with van der Waals surface area (Å²) < 4.78 is 5.65. The van der Waals surface area contributed by atoms with Crippen molar-refractivity contribution >= 4 is 5.96 Å². The molecule has 1 fully saturated rings. The fourth-order valence-electron chi connectivity index (χ4n) is 3.98. The van der Waals surface area contributed by atoms with Crippen LogP contribution in [0.1, 0.15) is 51.7 Å². The van der Waals surface area contributed by atoms with E-state index in [-0.39, 0.29) is 0 Å². The summed E-state index contributed by atoms with van der Waals surface area (Å²) in [5.74, 6) is 0.873. The number of guanidine groups is 1. The van der Waals surface area contributed by atoms with Gasteiger partial charge in [0.05, 0.1) is 12.7 Å². The van der Waals surface area contributed by atoms with Crippen LogP contribution in [0.15, 0.2) is 29.3 Å². The first kappa shape index (κ1) is 24.6. The van der Waals surface area contributed by atoms with E-state index in [9.17, 15) is 0 Å². The topological polar surface area (TPSA) is 52.1 Å². The lowest BCUT2D eigenvalue weighted by Crippen LogP contribution is -2.42. The lowest BCUT2D eigenvalue weighted by atomic mass is 10.1. The molecular weight excluding hydrogens is 374 g/mol. The molecule has 30 heavy (non-hydrogen) atoms. The fraction of sp³-hybridized carbons (Fsp3) is 0.708. The summed E-state index contributed by atoms with van der Waals surface area (Å²) in [6.07, 6.45) is 2.67. The number of hydrogen-bond acceptors (Lipinski definition) is 4. The number of hydrogen-bond donors (Lipinski definition) is 2. The zero-order valence-electron chi connectivity index (χ0n) is 19.8. The maximum atomic E-state index is 5.65. The van der Waals surface area contributed by atoms with Gasteiger partial charge in [-0.1, -0.05) is 38.1 Å². The van der Waals surface area contributed by atoms with Crippen LogP contribution in [0.2, 0.25) is 0 Å². The van der Waals surface area contributed by atoms with Crippen LogP contribution in [0, 0.1) is 0 Å². The molecule has 1 aromatic rings. The van der Waals surface area contributed by atoms with Crippen molar-refractivity contribution in [1.82, 2.24) is 20.4 Å². The molecule has 6 nitrogen and oxygen atoms in total. The normalized spacial score (nSPS) is 19.1. The van der Waals surface area contributed by atoms with E-state index in [2.05, 4.69) is 77.4 Å². The van der Waals surface area contributed by atoms with E-state index in [1.54, 1.807) is 0 Å². The Morgan fingerprint density at radius 2 is 2.07 bits per heavy atom. The minimum absolute atomic E-state index is 0.326. The van der Waals surface area contributed by atoms with Gasteiger partial charge in [-0.15, -0.1) is 0 Å². The van der Waals surface area contributed by atoms with Crippen molar-refractivity contribution in [2.24, 2.45) is 4.99 Å². The van der Waals surface area contributed by atoms with Crippen LogP contribution in [-0.4, -0.2) is 74.3 Å². The minimum atomic E-state index is 0.326. The number of rotatable bonds is 11. The summed E-state index contributed by atoms with van der Waals surface area (Å²) in [5.41, 5.74) is 2.64. The average Bonchev–Trinajstić information content (AvgIpc) is 2.74. The smallest absolute Gasteiger partial charge is 0.191 e. The highest BCUT2D eigenvalue weighted by molar-refractivity contribution is 5.79. The molecule has 0 amide bonds. The predicted molar refractivity (Wildman–Crippen MR) is 127 cm³/mol. The largest absolute Gasteiger partial charge is 0.376 e. The van der Waals surface area contributed by atoms with Crippen LogP contribution in [0.4, 0.5) is 0 Å². The summed E-state index contributed by atoms with van der Waals surface area (Å²) >= 11 is 0. The standard InChI is InChI=1S/C24H43N5O/c1-6-28(7-2)13-9-10-20(3)27-24(25-5)26-17-22-11-8-12-23(16-22)19-29-14-15-30-21(4)18-29/h8,11-12,16,20-21H,6-7,9-10,13-15,17-19H2,1-5H3,(H2,25,26,27). The van der Waals surface area contributed by atoms with Crippen LogP contribution in [0.3, 0.4) is 0 Å². The third-order valence-electron chi connectivity index (χ3n) is 5.80. The molecule has 1 aromatic carbocycles. The van der Waals surface area contributed by atoms with Crippen LogP contribution >= 0.6 is 0 Å². The maximum Gasteiger partial charge on any atom is 0.191 e. The van der Waals surface area contributed by atoms with Crippen molar-refractivity contribution < 1.29 is 4.74 Å².